The van der Waals surface area contributed by atoms with Gasteiger partial charge in [0, 0.05) is 29.8 Å². The number of hydrogen-bond donors (Lipinski definition) is 1. The lowest BCUT2D eigenvalue weighted by Gasteiger charge is -2.33. The van der Waals surface area contributed by atoms with Crippen LogP contribution in [0.5, 0.6) is 0 Å². The summed E-state index contributed by atoms with van der Waals surface area (Å²) in [6, 6.07) is 4.18. The van der Waals surface area contributed by atoms with E-state index in [1.807, 2.05) is 17.0 Å². The summed E-state index contributed by atoms with van der Waals surface area (Å²) < 4.78 is 0.771. The van der Waals surface area contributed by atoms with Crippen LogP contribution in [0.25, 0.3) is 0 Å². The highest BCUT2D eigenvalue weighted by Gasteiger charge is 2.26. The lowest BCUT2D eigenvalue weighted by molar-refractivity contribution is 0.0665. The minimum atomic E-state index is 0.0340. The van der Waals surface area contributed by atoms with Crippen molar-refractivity contribution in [2.75, 3.05) is 19.6 Å². The molecule has 1 aliphatic rings. The molecule has 0 aromatic carbocycles. The summed E-state index contributed by atoms with van der Waals surface area (Å²) in [6.07, 6.45) is 3.92. The molecule has 1 amide bonds. The fourth-order valence-electron chi connectivity index (χ4n) is 2.51. The van der Waals surface area contributed by atoms with Crippen molar-refractivity contribution >= 4 is 21.8 Å². The fourth-order valence-corrected chi connectivity index (χ4v) is 2.94. The van der Waals surface area contributed by atoms with E-state index >= 15 is 0 Å². The Morgan fingerprint density at radius 2 is 2.40 bits per heavy atom. The number of amides is 1. The molecular formula is C15H22BrN3O. The van der Waals surface area contributed by atoms with Crippen molar-refractivity contribution in [3.05, 3.63) is 28.5 Å². The van der Waals surface area contributed by atoms with Crippen LogP contribution < -0.4 is 5.32 Å². The molecule has 0 spiro atoms. The van der Waals surface area contributed by atoms with Gasteiger partial charge in [0.1, 0.15) is 5.69 Å². The van der Waals surface area contributed by atoms with E-state index in [1.165, 1.54) is 6.42 Å². The SMILES string of the molecule is CC(C)NCC1CCCN(C(=O)c2ncccc2Br)C1. The van der Waals surface area contributed by atoms with E-state index in [9.17, 15) is 4.79 Å². The topological polar surface area (TPSA) is 45.2 Å². The largest absolute Gasteiger partial charge is 0.337 e. The van der Waals surface area contributed by atoms with Gasteiger partial charge in [-0.15, -0.1) is 0 Å². The van der Waals surface area contributed by atoms with Crippen LogP contribution in [0, 0.1) is 5.92 Å². The van der Waals surface area contributed by atoms with E-state index in [1.54, 1.807) is 6.20 Å². The van der Waals surface area contributed by atoms with Crippen molar-refractivity contribution < 1.29 is 4.79 Å². The van der Waals surface area contributed by atoms with Crippen LogP contribution in [-0.2, 0) is 0 Å². The maximum absolute atomic E-state index is 12.5. The zero-order valence-corrected chi connectivity index (χ0v) is 13.7. The number of hydrogen-bond acceptors (Lipinski definition) is 3. The quantitative estimate of drug-likeness (QED) is 0.917. The molecule has 0 bridgehead atoms. The Kier molecular flexibility index (Phi) is 5.54. The van der Waals surface area contributed by atoms with Crippen LogP contribution in [0.2, 0.25) is 0 Å². The van der Waals surface area contributed by atoms with Crippen LogP contribution in [0.1, 0.15) is 37.2 Å². The van der Waals surface area contributed by atoms with Crippen LogP contribution in [0.15, 0.2) is 22.8 Å². The first-order valence-corrected chi connectivity index (χ1v) is 8.00. The third-order valence-electron chi connectivity index (χ3n) is 3.58. The number of nitrogens with zero attached hydrogens (tertiary/aromatic N) is 2. The first-order chi connectivity index (χ1) is 9.58. The monoisotopic (exact) mass is 339 g/mol. The smallest absolute Gasteiger partial charge is 0.273 e. The van der Waals surface area contributed by atoms with Crippen molar-refractivity contribution in [1.82, 2.24) is 15.2 Å². The molecule has 1 unspecified atom stereocenters. The summed E-state index contributed by atoms with van der Waals surface area (Å²) in [5.74, 6) is 0.573. The summed E-state index contributed by atoms with van der Waals surface area (Å²) in [5, 5.41) is 3.46. The molecule has 110 valence electrons. The minimum Gasteiger partial charge on any atom is -0.337 e. The van der Waals surface area contributed by atoms with Gasteiger partial charge in [-0.2, -0.15) is 0 Å². The Labute approximate surface area is 129 Å². The third kappa shape index (κ3) is 4.03. The molecule has 1 fully saturated rings. The summed E-state index contributed by atoms with van der Waals surface area (Å²) in [5.41, 5.74) is 0.518. The van der Waals surface area contributed by atoms with Gasteiger partial charge in [0.15, 0.2) is 0 Å². The van der Waals surface area contributed by atoms with Crippen LogP contribution in [-0.4, -0.2) is 41.5 Å². The molecule has 1 aromatic rings. The van der Waals surface area contributed by atoms with Gasteiger partial charge in [-0.25, -0.2) is 4.98 Å². The van der Waals surface area contributed by atoms with Crippen LogP contribution in [0.4, 0.5) is 0 Å². The van der Waals surface area contributed by atoms with Crippen LogP contribution in [0.3, 0.4) is 0 Å². The molecule has 1 N–H and O–H groups in total. The number of nitrogens with one attached hydrogen (secondary N) is 1. The summed E-state index contributed by atoms with van der Waals surface area (Å²) >= 11 is 3.41. The molecule has 2 rings (SSSR count). The number of likely N-dealkylation sites (tertiary alicyclic amines) is 1. The highest BCUT2D eigenvalue weighted by molar-refractivity contribution is 9.10. The van der Waals surface area contributed by atoms with Crippen LogP contribution >= 0.6 is 15.9 Å². The Morgan fingerprint density at radius 3 is 3.10 bits per heavy atom. The van der Waals surface area contributed by atoms with Gasteiger partial charge in [-0.05, 0) is 53.4 Å². The maximum atomic E-state index is 12.5. The molecule has 5 heteroatoms. The zero-order valence-electron chi connectivity index (χ0n) is 12.1. The lowest BCUT2D eigenvalue weighted by atomic mass is 9.97. The van der Waals surface area contributed by atoms with E-state index in [4.69, 9.17) is 0 Å². The van der Waals surface area contributed by atoms with Gasteiger partial charge in [0.05, 0.1) is 0 Å². The predicted octanol–water partition coefficient (Wildman–Crippen LogP) is 2.69. The Balaban J connectivity index is 1.98. The molecular weight excluding hydrogens is 318 g/mol. The second-order valence-corrected chi connectivity index (χ2v) is 6.51. The molecule has 1 aromatic heterocycles. The number of carbonyl (C=O) groups excluding carboxylic acids is 1. The molecule has 1 aliphatic heterocycles. The summed E-state index contributed by atoms with van der Waals surface area (Å²) in [6.45, 7) is 6.93. The maximum Gasteiger partial charge on any atom is 0.273 e. The van der Waals surface area contributed by atoms with Crippen molar-refractivity contribution in [2.24, 2.45) is 5.92 Å². The average molecular weight is 340 g/mol. The summed E-state index contributed by atoms with van der Waals surface area (Å²) in [4.78, 5) is 18.6. The molecule has 0 saturated carbocycles. The van der Waals surface area contributed by atoms with Crippen molar-refractivity contribution in [3.8, 4) is 0 Å². The number of pyridine rings is 1. The number of carbonyl (C=O) groups is 1. The molecule has 0 aliphatic carbocycles. The molecule has 1 atom stereocenters. The molecule has 1 saturated heterocycles. The van der Waals surface area contributed by atoms with E-state index < -0.39 is 0 Å². The highest BCUT2D eigenvalue weighted by atomic mass is 79.9. The first kappa shape index (κ1) is 15.4. The highest BCUT2D eigenvalue weighted by Crippen LogP contribution is 2.21. The van der Waals surface area contributed by atoms with E-state index in [-0.39, 0.29) is 5.91 Å². The number of halogens is 1. The van der Waals surface area contributed by atoms with Gasteiger partial charge in [0.2, 0.25) is 0 Å². The number of aromatic nitrogens is 1. The Morgan fingerprint density at radius 1 is 1.60 bits per heavy atom. The van der Waals surface area contributed by atoms with Crippen molar-refractivity contribution in [1.29, 1.82) is 0 Å². The van der Waals surface area contributed by atoms with Gasteiger partial charge in [-0.1, -0.05) is 13.8 Å². The Hall–Kier alpha value is -0.940. The van der Waals surface area contributed by atoms with E-state index in [0.717, 1.165) is 30.5 Å². The van der Waals surface area contributed by atoms with Gasteiger partial charge >= 0.3 is 0 Å². The normalized spacial score (nSPS) is 19.4. The second-order valence-electron chi connectivity index (χ2n) is 5.66. The Bertz CT molecular complexity index is 464. The van der Waals surface area contributed by atoms with Crippen molar-refractivity contribution in [3.63, 3.8) is 0 Å². The number of rotatable bonds is 4. The number of piperidine rings is 1. The zero-order chi connectivity index (χ0) is 14.5. The third-order valence-corrected chi connectivity index (χ3v) is 4.22. The fraction of sp³-hybridized carbons (Fsp3) is 0.600. The van der Waals surface area contributed by atoms with Gasteiger partial charge in [0.25, 0.3) is 5.91 Å². The van der Waals surface area contributed by atoms with E-state index in [0.29, 0.717) is 17.7 Å². The average Bonchev–Trinajstić information content (AvgIpc) is 2.45. The summed E-state index contributed by atoms with van der Waals surface area (Å²) in [7, 11) is 0. The van der Waals surface area contributed by atoms with Gasteiger partial charge < -0.3 is 10.2 Å². The molecule has 2 heterocycles. The lowest BCUT2D eigenvalue weighted by Crippen LogP contribution is -2.44. The van der Waals surface area contributed by atoms with E-state index in [2.05, 4.69) is 40.1 Å². The minimum absolute atomic E-state index is 0.0340. The first-order valence-electron chi connectivity index (χ1n) is 7.21. The molecule has 20 heavy (non-hydrogen) atoms. The van der Waals surface area contributed by atoms with Gasteiger partial charge in [-0.3, -0.25) is 4.79 Å². The molecule has 0 radical (unpaired) electrons. The second kappa shape index (κ2) is 7.18. The molecule has 4 nitrogen and oxygen atoms in total. The standard InChI is InChI=1S/C15H22BrN3O/c1-11(2)18-9-12-5-4-8-19(10-12)15(20)14-13(16)6-3-7-17-14/h3,6-7,11-12,18H,4-5,8-10H2,1-2H3. The van der Waals surface area contributed by atoms with Crippen molar-refractivity contribution in [2.45, 2.75) is 32.7 Å². The predicted molar refractivity (Wildman–Crippen MR) is 83.7 cm³/mol.